The molecular formula is C34H37F2N3O4S. The molecule has 1 atom stereocenters. The fraction of sp³-hybridized carbons (Fsp3) is 0.441. The molecule has 3 aromatic carbocycles. The van der Waals surface area contributed by atoms with E-state index in [4.69, 9.17) is 4.74 Å². The Bertz CT molecular complexity index is 1680. The zero-order valence-electron chi connectivity index (χ0n) is 24.9. The van der Waals surface area contributed by atoms with Gasteiger partial charge in [-0.2, -0.15) is 0 Å². The summed E-state index contributed by atoms with van der Waals surface area (Å²) in [5.74, 6) is -0.927. The zero-order valence-corrected chi connectivity index (χ0v) is 25.7. The minimum absolute atomic E-state index is 0.0551. The van der Waals surface area contributed by atoms with Crippen molar-refractivity contribution in [1.29, 1.82) is 0 Å². The second-order valence-electron chi connectivity index (χ2n) is 13.2. The van der Waals surface area contributed by atoms with E-state index in [1.54, 1.807) is 28.6 Å². The third-order valence-electron chi connectivity index (χ3n) is 10.1. The van der Waals surface area contributed by atoms with Gasteiger partial charge in [0, 0.05) is 11.0 Å². The van der Waals surface area contributed by atoms with Gasteiger partial charge in [-0.15, -0.1) is 0 Å². The van der Waals surface area contributed by atoms with Gasteiger partial charge in [-0.05, 0) is 124 Å². The lowest BCUT2D eigenvalue weighted by molar-refractivity contribution is -0.0768. The molecule has 3 fully saturated rings. The molecule has 1 unspecified atom stereocenters. The van der Waals surface area contributed by atoms with Crippen LogP contribution in [0.2, 0.25) is 0 Å². The average Bonchev–Trinajstić information content (AvgIpc) is 3.77. The number of amides is 1. The van der Waals surface area contributed by atoms with Crippen LogP contribution in [-0.4, -0.2) is 57.6 Å². The molecule has 1 saturated carbocycles. The quantitative estimate of drug-likeness (QED) is 0.385. The van der Waals surface area contributed by atoms with Crippen molar-refractivity contribution in [2.45, 2.75) is 67.5 Å². The SMILES string of the molecule is CC(C)(NC(=O)c1ccc2c(c1)C1(CCN(C3COC3)CC1)C(C1CC1)N2S(=O)(=O)c1ccc(F)cc1)c1ccc(F)cc1. The van der Waals surface area contributed by atoms with Crippen molar-refractivity contribution >= 4 is 21.6 Å². The number of halogens is 2. The van der Waals surface area contributed by atoms with Gasteiger partial charge >= 0.3 is 0 Å². The second-order valence-corrected chi connectivity index (χ2v) is 15.1. The van der Waals surface area contributed by atoms with E-state index in [-0.39, 0.29) is 28.6 Å². The smallest absolute Gasteiger partial charge is 0.264 e. The van der Waals surface area contributed by atoms with Gasteiger partial charge in [-0.25, -0.2) is 17.2 Å². The van der Waals surface area contributed by atoms with Gasteiger partial charge in [0.05, 0.1) is 41.4 Å². The Morgan fingerprint density at radius 3 is 2.11 bits per heavy atom. The van der Waals surface area contributed by atoms with Crippen LogP contribution in [0.3, 0.4) is 0 Å². The highest BCUT2D eigenvalue weighted by atomic mass is 32.2. The molecule has 1 amide bonds. The van der Waals surface area contributed by atoms with Crippen LogP contribution in [0, 0.1) is 17.6 Å². The maximum Gasteiger partial charge on any atom is 0.264 e. The number of carbonyl (C=O) groups excluding carboxylic acids is 1. The standard InChI is InChI=1S/C34H37F2N3O4S/c1-33(2,24-6-8-25(35)9-7-24)37-32(40)23-5-14-30-29(19-23)34(15-17-38(18-16-34)27-20-43-21-27)31(22-3-4-22)39(30)44(41,42)28-12-10-26(36)11-13-28/h5-14,19,22,27,31H,3-4,15-18,20-21H2,1-2H3,(H,37,40). The summed E-state index contributed by atoms with van der Waals surface area (Å²) in [6, 6.07) is 16.5. The largest absolute Gasteiger partial charge is 0.378 e. The first-order valence-corrected chi connectivity index (χ1v) is 16.8. The Morgan fingerprint density at radius 1 is 0.932 bits per heavy atom. The van der Waals surface area contributed by atoms with Crippen molar-refractivity contribution in [3.05, 3.63) is 95.1 Å². The number of piperidine rings is 1. The molecule has 1 N–H and O–H groups in total. The average molecular weight is 622 g/mol. The van der Waals surface area contributed by atoms with Gasteiger partial charge in [0.25, 0.3) is 15.9 Å². The van der Waals surface area contributed by atoms with Crippen LogP contribution < -0.4 is 9.62 Å². The summed E-state index contributed by atoms with van der Waals surface area (Å²) in [5.41, 5.74) is 1.46. The van der Waals surface area contributed by atoms with E-state index >= 15 is 0 Å². The lowest BCUT2D eigenvalue weighted by Gasteiger charge is -2.48. The number of sulfonamides is 1. The summed E-state index contributed by atoms with van der Waals surface area (Å²) >= 11 is 0. The molecule has 7 nitrogen and oxygen atoms in total. The molecule has 3 aliphatic heterocycles. The van der Waals surface area contributed by atoms with E-state index in [9.17, 15) is 22.0 Å². The predicted octanol–water partition coefficient (Wildman–Crippen LogP) is 5.35. The van der Waals surface area contributed by atoms with Crippen LogP contribution in [-0.2, 0) is 25.7 Å². The van der Waals surface area contributed by atoms with E-state index in [2.05, 4.69) is 10.2 Å². The number of carbonyl (C=O) groups is 1. The number of fused-ring (bicyclic) bond motifs is 2. The van der Waals surface area contributed by atoms with Crippen molar-refractivity contribution in [3.63, 3.8) is 0 Å². The Labute approximate surface area is 257 Å². The molecule has 44 heavy (non-hydrogen) atoms. The lowest BCUT2D eigenvalue weighted by atomic mass is 9.67. The highest BCUT2D eigenvalue weighted by Gasteiger charge is 2.60. The molecule has 3 aromatic rings. The van der Waals surface area contributed by atoms with Crippen molar-refractivity contribution < 1.29 is 26.7 Å². The van der Waals surface area contributed by atoms with Crippen LogP contribution in [0.4, 0.5) is 14.5 Å². The number of hydrogen-bond acceptors (Lipinski definition) is 5. The molecule has 2 saturated heterocycles. The first-order chi connectivity index (χ1) is 21.0. The Kier molecular flexibility index (Phi) is 7.10. The Hall–Kier alpha value is -3.34. The zero-order chi connectivity index (χ0) is 30.9. The van der Waals surface area contributed by atoms with Crippen LogP contribution in [0.5, 0.6) is 0 Å². The van der Waals surface area contributed by atoms with Gasteiger partial charge in [-0.1, -0.05) is 12.1 Å². The molecule has 0 aromatic heterocycles. The number of anilines is 1. The fourth-order valence-electron chi connectivity index (χ4n) is 7.44. The molecular weight excluding hydrogens is 584 g/mol. The summed E-state index contributed by atoms with van der Waals surface area (Å²) in [5, 5.41) is 3.10. The van der Waals surface area contributed by atoms with Gasteiger partial charge in [0.15, 0.2) is 0 Å². The predicted molar refractivity (Wildman–Crippen MR) is 163 cm³/mol. The monoisotopic (exact) mass is 621 g/mol. The highest BCUT2D eigenvalue weighted by Crippen LogP contribution is 2.59. The molecule has 0 radical (unpaired) electrons. The Morgan fingerprint density at radius 2 is 1.55 bits per heavy atom. The number of nitrogens with zero attached hydrogens (tertiary/aromatic N) is 2. The van der Waals surface area contributed by atoms with Gasteiger partial charge in [-0.3, -0.25) is 14.0 Å². The van der Waals surface area contributed by atoms with Crippen LogP contribution in [0.1, 0.15) is 61.0 Å². The normalized spacial score (nSPS) is 22.1. The van der Waals surface area contributed by atoms with Crippen molar-refractivity contribution in [2.24, 2.45) is 5.92 Å². The van der Waals surface area contributed by atoms with Crippen molar-refractivity contribution in [2.75, 3.05) is 30.6 Å². The number of hydrogen-bond donors (Lipinski definition) is 1. The second kappa shape index (κ2) is 10.6. The molecule has 3 heterocycles. The summed E-state index contributed by atoms with van der Waals surface area (Å²) < 4.78 is 63.2. The fourth-order valence-corrected chi connectivity index (χ4v) is 9.24. The van der Waals surface area contributed by atoms with Crippen molar-refractivity contribution in [1.82, 2.24) is 10.2 Å². The van der Waals surface area contributed by atoms with E-state index < -0.39 is 26.8 Å². The third kappa shape index (κ3) is 4.91. The van der Waals surface area contributed by atoms with Gasteiger partial charge in [0.2, 0.25) is 0 Å². The molecule has 4 aliphatic rings. The van der Waals surface area contributed by atoms with E-state index in [1.165, 1.54) is 36.4 Å². The van der Waals surface area contributed by atoms with E-state index in [0.717, 1.165) is 63.1 Å². The minimum atomic E-state index is -4.02. The number of benzene rings is 3. The van der Waals surface area contributed by atoms with Gasteiger partial charge < -0.3 is 10.1 Å². The van der Waals surface area contributed by atoms with Crippen molar-refractivity contribution in [3.8, 4) is 0 Å². The van der Waals surface area contributed by atoms with Crippen LogP contribution in [0.25, 0.3) is 0 Å². The first kappa shape index (κ1) is 29.4. The maximum absolute atomic E-state index is 14.4. The number of nitrogens with one attached hydrogen (secondary N) is 1. The molecule has 0 bridgehead atoms. The third-order valence-corrected chi connectivity index (χ3v) is 11.9. The Balaban J connectivity index is 1.29. The minimum Gasteiger partial charge on any atom is -0.378 e. The number of rotatable bonds is 7. The topological polar surface area (TPSA) is 79.0 Å². The molecule has 1 aliphatic carbocycles. The summed E-state index contributed by atoms with van der Waals surface area (Å²) in [6.07, 6.45) is 3.41. The first-order valence-electron chi connectivity index (χ1n) is 15.3. The van der Waals surface area contributed by atoms with Crippen LogP contribution >= 0.6 is 0 Å². The molecule has 7 rings (SSSR count). The summed E-state index contributed by atoms with van der Waals surface area (Å²) in [4.78, 5) is 16.2. The van der Waals surface area contributed by atoms with Gasteiger partial charge in [0.1, 0.15) is 11.6 Å². The lowest BCUT2D eigenvalue weighted by Crippen LogP contribution is -2.58. The van der Waals surface area contributed by atoms with E-state index in [1.807, 2.05) is 19.9 Å². The maximum atomic E-state index is 14.4. The molecule has 1 spiro atoms. The van der Waals surface area contributed by atoms with E-state index in [0.29, 0.717) is 17.3 Å². The van der Waals surface area contributed by atoms with Crippen LogP contribution in [0.15, 0.2) is 71.6 Å². The molecule has 10 heteroatoms. The highest BCUT2D eigenvalue weighted by molar-refractivity contribution is 7.92. The summed E-state index contributed by atoms with van der Waals surface area (Å²) in [6.45, 7) is 6.80. The number of ether oxygens (including phenoxy) is 1. The summed E-state index contributed by atoms with van der Waals surface area (Å²) in [7, 11) is -4.02. The molecule has 232 valence electrons. The number of likely N-dealkylation sites (tertiary alicyclic amines) is 1.